The fourth-order valence-corrected chi connectivity index (χ4v) is 11.5. The molecule has 0 radical (unpaired) electrons. The second-order valence-corrected chi connectivity index (χ2v) is 21.8. The van der Waals surface area contributed by atoms with E-state index in [2.05, 4.69) is 10.3 Å². The third kappa shape index (κ3) is 9.03. The van der Waals surface area contributed by atoms with Gasteiger partial charge >= 0.3 is 0 Å². The summed E-state index contributed by atoms with van der Waals surface area (Å²) in [6.45, 7) is 0. The number of anilines is 2. The molecule has 1 aliphatic carbocycles. The minimum absolute atomic E-state index is 0.0111. The van der Waals surface area contributed by atoms with Crippen molar-refractivity contribution >= 4 is 101 Å². The maximum atomic E-state index is 14.4. The number of aliphatic hydroxyl groups excluding tert-OH is 1. The quantitative estimate of drug-likeness (QED) is 0.0672. The van der Waals surface area contributed by atoms with Gasteiger partial charge < -0.3 is 10.4 Å². The van der Waals surface area contributed by atoms with E-state index in [1.54, 1.807) is 0 Å². The van der Waals surface area contributed by atoms with Crippen molar-refractivity contribution in [3.05, 3.63) is 115 Å². The molecule has 0 saturated carbocycles. The molecule has 4 aromatic rings. The largest absolute Gasteiger partial charge is 0.506 e. The molecule has 0 aromatic heterocycles. The zero-order valence-corrected chi connectivity index (χ0v) is 34.4. The fraction of sp³-hybridized carbons (Fsp3) is 0.147. The van der Waals surface area contributed by atoms with E-state index in [1.165, 1.54) is 24.3 Å². The van der Waals surface area contributed by atoms with Gasteiger partial charge in [0.05, 0.1) is 48.8 Å². The second-order valence-electron chi connectivity index (χ2n) is 12.7. The van der Waals surface area contributed by atoms with Crippen molar-refractivity contribution in [3.63, 3.8) is 0 Å². The summed E-state index contributed by atoms with van der Waals surface area (Å²) >= 11 is 1.04. The first-order valence-electron chi connectivity index (χ1n) is 16.4. The molecule has 0 spiro atoms. The molecule has 6 N–H and O–H groups in total. The van der Waals surface area contributed by atoms with Gasteiger partial charge in [0.15, 0.2) is 15.3 Å². The molecule has 4 aromatic carbocycles. The third-order valence-electron chi connectivity index (χ3n) is 8.83. The molecule has 59 heavy (non-hydrogen) atoms. The number of benzene rings is 4. The van der Waals surface area contributed by atoms with Crippen molar-refractivity contribution < 1.29 is 65.4 Å². The summed E-state index contributed by atoms with van der Waals surface area (Å²) in [6.07, 6.45) is 0.0111. The Morgan fingerprint density at radius 2 is 1.31 bits per heavy atom. The number of sulfone groups is 1. The number of hydrogen-bond acceptors (Lipinski definition) is 16. The van der Waals surface area contributed by atoms with Crippen LogP contribution in [0.3, 0.4) is 0 Å². The predicted octanol–water partition coefficient (Wildman–Crippen LogP) is 1.97. The molecule has 0 amide bonds. The Labute approximate surface area is 338 Å². The molecule has 2 aliphatic rings. The van der Waals surface area contributed by atoms with Crippen LogP contribution in [-0.4, -0.2) is 93.4 Å². The highest BCUT2D eigenvalue weighted by Crippen LogP contribution is 2.35. The summed E-state index contributed by atoms with van der Waals surface area (Å²) < 4.78 is 163. The van der Waals surface area contributed by atoms with E-state index < -0.39 is 131 Å². The molecule has 6 rings (SSSR count). The number of thioether (sulfide) groups is 1. The van der Waals surface area contributed by atoms with Crippen LogP contribution in [0.4, 0.5) is 11.4 Å². The van der Waals surface area contributed by atoms with Crippen molar-refractivity contribution in [3.8, 4) is 0 Å². The second kappa shape index (κ2) is 15.6. The van der Waals surface area contributed by atoms with Crippen molar-refractivity contribution in [2.75, 3.05) is 28.3 Å². The van der Waals surface area contributed by atoms with Crippen molar-refractivity contribution in [2.45, 2.75) is 26.0 Å². The monoisotopic (exact) mass is 928 g/mol. The van der Waals surface area contributed by atoms with E-state index in [9.17, 15) is 70.4 Å². The minimum Gasteiger partial charge on any atom is -0.506 e. The smallest absolute Gasteiger partial charge is 0.296 e. The Balaban J connectivity index is 1.67. The average molecular weight is 929 g/mol. The SMILES string of the molecule is O=c1nc2c(S(=O)(=O)O)cc(Nc3cc(S(=O)(=O)CCSCCCS(=O)(=O)O)ccc3S(=O)(=O)O)c3c2=c(c1=C(O)c1cccc(S(=O)(=O)O)c1)c1ccccc1c3=O. The van der Waals surface area contributed by atoms with Crippen LogP contribution in [0.1, 0.15) is 12.0 Å². The molecule has 1 aliphatic heterocycles. The standard InChI is InChI=1S/C34H28N2O17S6/c37-32(18-5-3-6-20(15-18)57(45,46)47)30-27-21-7-1-2-8-22(21)33(38)28-24(17-26(59(51,52)53)31(29(27)28)36-34(30)39)35-23-16-19(9-10-25(23)58(48,49)50)55(40,41)14-12-54-11-4-13-56(42,43)44/h1-3,5-10,15-17,35,37H,4,11-14H2,(H,42,43,44)(H,45,46,47)(H,48,49,50)(H,51,52,53). The normalized spacial score (nSPS) is 13.6. The molecular weight excluding hydrogens is 901 g/mol. The van der Waals surface area contributed by atoms with Gasteiger partial charge in [0.25, 0.3) is 46.0 Å². The lowest BCUT2D eigenvalue weighted by Gasteiger charge is -2.17. The molecule has 312 valence electrons. The van der Waals surface area contributed by atoms with Gasteiger partial charge in [-0.15, -0.1) is 0 Å². The van der Waals surface area contributed by atoms with Crippen molar-refractivity contribution in [1.82, 2.24) is 4.98 Å². The maximum Gasteiger partial charge on any atom is 0.296 e. The van der Waals surface area contributed by atoms with Gasteiger partial charge in [-0.2, -0.15) is 45.4 Å². The number of rotatable bonds is 14. The zero-order valence-electron chi connectivity index (χ0n) is 29.5. The molecular formula is C34H28N2O17S6. The van der Waals surface area contributed by atoms with Gasteiger partial charge in [-0.25, -0.2) is 13.4 Å². The lowest BCUT2D eigenvalue weighted by Crippen LogP contribution is -2.33. The molecule has 19 nitrogen and oxygen atoms in total. The highest BCUT2D eigenvalue weighted by Gasteiger charge is 2.27. The fourth-order valence-electron chi connectivity index (χ4n) is 6.30. The van der Waals surface area contributed by atoms with E-state index in [-0.39, 0.29) is 39.5 Å². The molecule has 0 atom stereocenters. The highest BCUT2D eigenvalue weighted by atomic mass is 32.2. The Morgan fingerprint density at radius 3 is 1.93 bits per heavy atom. The van der Waals surface area contributed by atoms with Crippen LogP contribution in [0, 0.1) is 10.4 Å². The third-order valence-corrected chi connectivity index (χ3v) is 15.3. The Kier molecular flexibility index (Phi) is 11.6. The van der Waals surface area contributed by atoms with Gasteiger partial charge in [0.1, 0.15) is 15.6 Å². The first-order valence-corrected chi connectivity index (χ1v) is 25.1. The van der Waals surface area contributed by atoms with Crippen LogP contribution in [-0.2, 0) is 50.3 Å². The Hall–Kier alpha value is -4.83. The highest BCUT2D eigenvalue weighted by molar-refractivity contribution is 8.00. The summed E-state index contributed by atoms with van der Waals surface area (Å²) in [6, 6.07) is 12.4. The lowest BCUT2D eigenvalue weighted by molar-refractivity contribution is 0.480. The summed E-state index contributed by atoms with van der Waals surface area (Å²) in [5.74, 6) is -2.00. The van der Waals surface area contributed by atoms with Crippen LogP contribution in [0.5, 0.6) is 0 Å². The molecule has 25 heteroatoms. The summed E-state index contributed by atoms with van der Waals surface area (Å²) in [5.41, 5.74) is -4.73. The van der Waals surface area contributed by atoms with Crippen LogP contribution in [0.15, 0.2) is 102 Å². The topological polar surface area (TPSA) is 331 Å². The lowest BCUT2D eigenvalue weighted by atomic mass is 9.96. The van der Waals surface area contributed by atoms with Gasteiger partial charge in [-0.05, 0) is 54.0 Å². The van der Waals surface area contributed by atoms with Gasteiger partial charge in [0.2, 0.25) is 0 Å². The van der Waals surface area contributed by atoms with Crippen molar-refractivity contribution in [1.29, 1.82) is 0 Å². The van der Waals surface area contributed by atoms with Crippen molar-refractivity contribution in [2.24, 2.45) is 0 Å². The van der Waals surface area contributed by atoms with E-state index in [4.69, 9.17) is 4.55 Å². The van der Waals surface area contributed by atoms with Gasteiger partial charge in [-0.1, -0.05) is 36.4 Å². The van der Waals surface area contributed by atoms with E-state index in [0.717, 1.165) is 48.2 Å². The first-order chi connectivity index (χ1) is 27.3. The molecule has 0 saturated heterocycles. The van der Waals surface area contributed by atoms with Gasteiger partial charge in [0, 0.05) is 27.1 Å². The molecule has 1 heterocycles. The number of hydrogen-bond donors (Lipinski definition) is 6. The molecule has 0 fully saturated rings. The summed E-state index contributed by atoms with van der Waals surface area (Å²) in [5, 5.41) is 11.7. The summed E-state index contributed by atoms with van der Waals surface area (Å²) in [4.78, 5) is 28.7. The van der Waals surface area contributed by atoms with Crippen LogP contribution in [0.2, 0.25) is 0 Å². The Morgan fingerprint density at radius 1 is 0.644 bits per heavy atom. The van der Waals surface area contributed by atoms with E-state index >= 15 is 0 Å². The van der Waals surface area contributed by atoms with Gasteiger partial charge in [-0.3, -0.25) is 27.8 Å². The average Bonchev–Trinajstić information content (AvgIpc) is 3.13. The van der Waals surface area contributed by atoms with Crippen LogP contribution < -0.4 is 21.5 Å². The number of aromatic nitrogens is 1. The number of nitrogens with zero attached hydrogens (tertiary/aromatic N) is 1. The molecule has 0 unspecified atom stereocenters. The van der Waals surface area contributed by atoms with E-state index in [0.29, 0.717) is 12.1 Å². The van der Waals surface area contributed by atoms with E-state index in [1.807, 2.05) is 0 Å². The number of aliphatic hydroxyl groups is 1. The Bertz CT molecular complexity index is 3550. The number of nitrogens with one attached hydrogen (secondary N) is 1. The molecule has 0 bridgehead atoms. The first kappa shape index (κ1) is 43.7. The van der Waals surface area contributed by atoms with Crippen LogP contribution in [0.25, 0.3) is 27.4 Å². The minimum atomic E-state index is -5.41. The summed E-state index contributed by atoms with van der Waals surface area (Å²) in [7, 11) is -24.0. The number of fused-ring (bicyclic) bond motifs is 2. The maximum absolute atomic E-state index is 14.4. The zero-order chi connectivity index (χ0) is 43.5. The van der Waals surface area contributed by atoms with Crippen LogP contribution >= 0.6 is 11.8 Å². The predicted molar refractivity (Wildman–Crippen MR) is 215 cm³/mol.